The van der Waals surface area contributed by atoms with Crippen LogP contribution in [0.2, 0.25) is 0 Å². The van der Waals surface area contributed by atoms with Crippen molar-refractivity contribution < 1.29 is 41.4 Å². The highest BCUT2D eigenvalue weighted by molar-refractivity contribution is 7.09. The number of carbonyl (C=O) groups is 2. The van der Waals surface area contributed by atoms with Crippen molar-refractivity contribution >= 4 is 23.1 Å². The summed E-state index contributed by atoms with van der Waals surface area (Å²) in [5.74, 6) is -6.99. The molecule has 2 aromatic rings. The number of aryl methyl sites for hydroxylation is 1. The van der Waals surface area contributed by atoms with Crippen molar-refractivity contribution in [1.29, 1.82) is 0 Å². The zero-order valence-electron chi connectivity index (χ0n) is 25.1. The Labute approximate surface area is 262 Å². The molecular weight excluding hydrogens is 613 g/mol. The maximum Gasteiger partial charge on any atom is 0.456 e. The van der Waals surface area contributed by atoms with Crippen LogP contribution in [0.4, 0.5) is 22.0 Å². The standard InChI is InChI=1S/C34H36F5NO4S/c1-19(44-29(42)12-11-28-40-15-16-45-28)20-3-5-21(6-4-20)26-18-31(2)27(13-14-32(31,43)33(35,36)34(37,38)39)25-9-7-22-17-23(41)8-10-24(22)30(25)26/h3-6,15-17,19,25-27,43H,7-14,18H2,1-2H3/t19-,25?,26+,27?,31-,32-/m0/s1. The number of halogens is 5. The van der Waals surface area contributed by atoms with E-state index in [1.54, 1.807) is 31.3 Å². The van der Waals surface area contributed by atoms with E-state index >= 15 is 8.78 Å². The van der Waals surface area contributed by atoms with E-state index in [9.17, 15) is 27.9 Å². The van der Waals surface area contributed by atoms with E-state index in [0.29, 0.717) is 37.7 Å². The van der Waals surface area contributed by atoms with Gasteiger partial charge in [0.2, 0.25) is 0 Å². The van der Waals surface area contributed by atoms with Crippen molar-refractivity contribution in [2.75, 3.05) is 0 Å². The molecule has 242 valence electrons. The minimum absolute atomic E-state index is 0.0320. The first kappa shape index (κ1) is 32.0. The molecule has 2 unspecified atom stereocenters. The van der Waals surface area contributed by atoms with Crippen LogP contribution in [0.1, 0.15) is 93.4 Å². The van der Waals surface area contributed by atoms with Crippen molar-refractivity contribution in [3.8, 4) is 0 Å². The molecule has 0 spiro atoms. The molecule has 2 saturated carbocycles. The summed E-state index contributed by atoms with van der Waals surface area (Å²) in [5, 5.41) is 14.1. The molecule has 0 bridgehead atoms. The summed E-state index contributed by atoms with van der Waals surface area (Å²) in [6.07, 6.45) is -1.23. The summed E-state index contributed by atoms with van der Waals surface area (Å²) >= 11 is 1.46. The van der Waals surface area contributed by atoms with Crippen LogP contribution in [-0.2, 0) is 20.7 Å². The van der Waals surface area contributed by atoms with E-state index in [0.717, 1.165) is 27.3 Å². The quantitative estimate of drug-likeness (QED) is 0.242. The highest BCUT2D eigenvalue weighted by Gasteiger charge is 2.79. The summed E-state index contributed by atoms with van der Waals surface area (Å²) in [5.41, 5.74) is -0.568. The summed E-state index contributed by atoms with van der Waals surface area (Å²) in [7, 11) is 0. The third-order valence-corrected chi connectivity index (χ3v) is 11.7. The Morgan fingerprint density at radius 1 is 1.13 bits per heavy atom. The molecule has 2 fully saturated rings. The van der Waals surface area contributed by atoms with Crippen LogP contribution in [-0.4, -0.2) is 39.5 Å². The number of ketones is 1. The predicted octanol–water partition coefficient (Wildman–Crippen LogP) is 8.21. The molecule has 5 nitrogen and oxygen atoms in total. The van der Waals surface area contributed by atoms with Gasteiger partial charge in [0.1, 0.15) is 11.7 Å². The lowest BCUT2D eigenvalue weighted by Crippen LogP contribution is -2.65. The number of aromatic nitrogens is 1. The Morgan fingerprint density at radius 2 is 1.87 bits per heavy atom. The van der Waals surface area contributed by atoms with Gasteiger partial charge in [-0.2, -0.15) is 22.0 Å². The van der Waals surface area contributed by atoms with Crippen molar-refractivity contribution in [1.82, 2.24) is 4.98 Å². The van der Waals surface area contributed by atoms with Crippen LogP contribution in [0.15, 0.2) is 58.6 Å². The van der Waals surface area contributed by atoms with E-state index in [1.165, 1.54) is 18.3 Å². The van der Waals surface area contributed by atoms with Gasteiger partial charge in [-0.25, -0.2) is 4.98 Å². The summed E-state index contributed by atoms with van der Waals surface area (Å²) in [6, 6.07) is 7.21. The Balaban J connectivity index is 1.33. The molecule has 45 heavy (non-hydrogen) atoms. The summed E-state index contributed by atoms with van der Waals surface area (Å²) in [6.45, 7) is 3.16. The fourth-order valence-electron chi connectivity index (χ4n) is 8.62. The first-order valence-corrected chi connectivity index (χ1v) is 16.4. The van der Waals surface area contributed by atoms with Gasteiger partial charge < -0.3 is 9.84 Å². The SMILES string of the molecule is C[C@H](OC(=O)CCc1nccs1)c1ccc([C@H]2C[C@@]3(C)C(CC[C@@]3(O)C(F)(F)C(F)(F)F)C3CCC4=CC(=O)CCC4=C32)cc1. The van der Waals surface area contributed by atoms with Crippen LogP contribution in [0, 0.1) is 17.3 Å². The van der Waals surface area contributed by atoms with Gasteiger partial charge in [0.15, 0.2) is 5.78 Å². The number of nitrogens with zero attached hydrogens (tertiary/aromatic N) is 1. The molecule has 4 aliphatic carbocycles. The first-order valence-electron chi connectivity index (χ1n) is 15.5. The van der Waals surface area contributed by atoms with Gasteiger partial charge in [0, 0.05) is 35.8 Å². The van der Waals surface area contributed by atoms with Crippen molar-refractivity contribution in [2.24, 2.45) is 17.3 Å². The highest BCUT2D eigenvalue weighted by atomic mass is 32.1. The van der Waals surface area contributed by atoms with Crippen LogP contribution < -0.4 is 0 Å². The zero-order valence-corrected chi connectivity index (χ0v) is 25.9. The molecular formula is C34H36F5NO4S. The predicted molar refractivity (Wildman–Crippen MR) is 158 cm³/mol. The Bertz CT molecular complexity index is 1530. The van der Waals surface area contributed by atoms with Gasteiger partial charge in [-0.05, 0) is 85.6 Å². The average molecular weight is 650 g/mol. The number of hydrogen-bond acceptors (Lipinski definition) is 6. The second-order valence-corrected chi connectivity index (χ2v) is 14.2. The number of fused-ring (bicyclic) bond motifs is 4. The van der Waals surface area contributed by atoms with Crippen molar-refractivity contribution in [2.45, 2.75) is 101 Å². The zero-order chi connectivity index (χ0) is 32.4. The normalized spacial score (nSPS) is 30.7. The number of rotatable bonds is 7. The molecule has 0 radical (unpaired) electrons. The van der Waals surface area contributed by atoms with E-state index < -0.39 is 47.5 Å². The van der Waals surface area contributed by atoms with Gasteiger partial charge >= 0.3 is 18.1 Å². The highest BCUT2D eigenvalue weighted by Crippen LogP contribution is 2.70. The minimum atomic E-state index is -5.89. The second-order valence-electron chi connectivity index (χ2n) is 13.2. The number of thiazole rings is 1. The molecule has 6 rings (SSSR count). The van der Waals surface area contributed by atoms with Crippen LogP contribution in [0.25, 0.3) is 0 Å². The van der Waals surface area contributed by atoms with Gasteiger partial charge in [-0.1, -0.05) is 36.8 Å². The molecule has 1 heterocycles. The largest absolute Gasteiger partial charge is 0.458 e. The Morgan fingerprint density at radius 3 is 2.53 bits per heavy atom. The number of allylic oxidation sites excluding steroid dienone is 4. The average Bonchev–Trinajstić information content (AvgIpc) is 3.61. The maximum absolute atomic E-state index is 15.2. The van der Waals surface area contributed by atoms with E-state index in [4.69, 9.17) is 4.74 Å². The van der Waals surface area contributed by atoms with Gasteiger partial charge in [-0.15, -0.1) is 11.3 Å². The monoisotopic (exact) mass is 649 g/mol. The molecule has 1 N–H and O–H groups in total. The second kappa shape index (κ2) is 11.4. The third-order valence-electron chi connectivity index (χ3n) is 10.9. The summed E-state index contributed by atoms with van der Waals surface area (Å²) < 4.78 is 77.4. The number of esters is 1. The fourth-order valence-corrected chi connectivity index (χ4v) is 9.24. The molecule has 1 aromatic heterocycles. The van der Waals surface area contributed by atoms with E-state index in [1.807, 2.05) is 17.5 Å². The van der Waals surface area contributed by atoms with Crippen molar-refractivity contribution in [3.05, 3.63) is 74.8 Å². The number of hydrogen-bond donors (Lipinski definition) is 1. The van der Waals surface area contributed by atoms with Crippen LogP contribution >= 0.6 is 11.3 Å². The van der Waals surface area contributed by atoms with Crippen LogP contribution in [0.3, 0.4) is 0 Å². The van der Waals surface area contributed by atoms with Gasteiger partial charge in [-0.3, -0.25) is 9.59 Å². The smallest absolute Gasteiger partial charge is 0.456 e. The molecule has 11 heteroatoms. The topological polar surface area (TPSA) is 76.5 Å². The molecule has 4 aliphatic rings. The van der Waals surface area contributed by atoms with Crippen molar-refractivity contribution in [3.63, 3.8) is 0 Å². The molecule has 0 saturated heterocycles. The fraction of sp³-hybridized carbons (Fsp3) is 0.559. The summed E-state index contributed by atoms with van der Waals surface area (Å²) in [4.78, 5) is 28.9. The lowest BCUT2D eigenvalue weighted by atomic mass is 9.50. The Hall–Kier alpha value is -2.92. The minimum Gasteiger partial charge on any atom is -0.458 e. The molecule has 6 atom stereocenters. The van der Waals surface area contributed by atoms with Crippen LogP contribution in [0.5, 0.6) is 0 Å². The Kier molecular flexibility index (Phi) is 8.12. The maximum atomic E-state index is 15.2. The first-order chi connectivity index (χ1) is 21.2. The van der Waals surface area contributed by atoms with E-state index in [2.05, 4.69) is 4.98 Å². The number of benzene rings is 1. The number of carbonyl (C=O) groups excluding carboxylic acids is 2. The van der Waals surface area contributed by atoms with Gasteiger partial charge in [0.05, 0.1) is 11.4 Å². The number of ether oxygens (including phenoxy) is 1. The molecule has 0 amide bonds. The lowest BCUT2D eigenvalue weighted by Gasteiger charge is -2.56. The molecule has 1 aromatic carbocycles. The third kappa shape index (κ3) is 5.27. The lowest BCUT2D eigenvalue weighted by molar-refractivity contribution is -0.362. The van der Waals surface area contributed by atoms with E-state index in [-0.39, 0.29) is 36.9 Å². The number of alkyl halides is 5. The molecule has 0 aliphatic heterocycles. The number of aliphatic hydroxyl groups is 1. The van der Waals surface area contributed by atoms with Gasteiger partial charge in [0.25, 0.3) is 0 Å².